The fourth-order valence-corrected chi connectivity index (χ4v) is 5.21. The Morgan fingerprint density at radius 3 is 2.20 bits per heavy atom. The molecule has 0 bridgehead atoms. The van der Waals surface area contributed by atoms with E-state index in [2.05, 4.69) is 9.88 Å². The summed E-state index contributed by atoms with van der Waals surface area (Å²) in [5.41, 5.74) is 5.73. The van der Waals surface area contributed by atoms with Crippen molar-refractivity contribution in [3.05, 3.63) is 0 Å². The number of nitrogens with two attached hydrogens (primary N) is 1. The first-order valence-electron chi connectivity index (χ1n) is 7.53. The Kier molecular flexibility index (Phi) is 5.26. The first kappa shape index (κ1) is 15.6. The normalized spacial score (nSPS) is 24.9. The standard InChI is InChI=1S/C13H25N3O3S/c14-13(15-17)12(10-6-2-1-3-7-10)16-20(18,19)11-8-4-5-9-11/h10-12,16-17H,1-9H2,(H2,14,15). The molecule has 2 aliphatic rings. The Morgan fingerprint density at radius 1 is 1.10 bits per heavy atom. The van der Waals surface area contributed by atoms with Gasteiger partial charge < -0.3 is 10.9 Å². The highest BCUT2D eigenvalue weighted by atomic mass is 32.2. The highest BCUT2D eigenvalue weighted by Crippen LogP contribution is 2.29. The summed E-state index contributed by atoms with van der Waals surface area (Å²) in [7, 11) is -3.39. The van der Waals surface area contributed by atoms with Crippen LogP contribution in [0, 0.1) is 5.92 Å². The van der Waals surface area contributed by atoms with Gasteiger partial charge in [0.1, 0.15) is 0 Å². The monoisotopic (exact) mass is 303 g/mol. The Hall–Kier alpha value is -0.820. The molecule has 0 aromatic carbocycles. The quantitative estimate of drug-likeness (QED) is 0.310. The van der Waals surface area contributed by atoms with E-state index in [1.54, 1.807) is 0 Å². The van der Waals surface area contributed by atoms with Gasteiger partial charge in [-0.2, -0.15) is 0 Å². The van der Waals surface area contributed by atoms with Gasteiger partial charge in [0.25, 0.3) is 0 Å². The van der Waals surface area contributed by atoms with Crippen molar-refractivity contribution in [1.29, 1.82) is 0 Å². The predicted molar refractivity (Wildman–Crippen MR) is 78.1 cm³/mol. The van der Waals surface area contributed by atoms with Crippen molar-refractivity contribution in [3.8, 4) is 0 Å². The van der Waals surface area contributed by atoms with E-state index in [1.807, 2.05) is 0 Å². The second-order valence-electron chi connectivity index (χ2n) is 5.97. The van der Waals surface area contributed by atoms with E-state index in [1.165, 1.54) is 6.42 Å². The van der Waals surface area contributed by atoms with Gasteiger partial charge in [-0.15, -0.1) is 0 Å². The van der Waals surface area contributed by atoms with Crippen LogP contribution in [0.15, 0.2) is 5.16 Å². The SMILES string of the molecule is NC(=NO)C(NS(=O)(=O)C1CCCC1)C1CCCCC1. The van der Waals surface area contributed by atoms with Gasteiger partial charge in [0.2, 0.25) is 10.0 Å². The second kappa shape index (κ2) is 6.76. The molecule has 2 saturated carbocycles. The van der Waals surface area contributed by atoms with Gasteiger partial charge in [-0.1, -0.05) is 37.3 Å². The van der Waals surface area contributed by atoms with E-state index in [0.29, 0.717) is 12.8 Å². The molecule has 2 aliphatic carbocycles. The molecule has 0 radical (unpaired) electrons. The van der Waals surface area contributed by atoms with Crippen LogP contribution in [0.25, 0.3) is 0 Å². The topological polar surface area (TPSA) is 105 Å². The van der Waals surface area contributed by atoms with Crippen LogP contribution in [0.4, 0.5) is 0 Å². The number of oxime groups is 1. The maximum atomic E-state index is 12.4. The molecule has 0 aromatic rings. The molecule has 0 heterocycles. The van der Waals surface area contributed by atoms with Gasteiger partial charge in [-0.25, -0.2) is 13.1 Å². The molecule has 0 saturated heterocycles. The molecule has 0 spiro atoms. The molecule has 6 nitrogen and oxygen atoms in total. The lowest BCUT2D eigenvalue weighted by Crippen LogP contribution is -2.51. The molecule has 20 heavy (non-hydrogen) atoms. The summed E-state index contributed by atoms with van der Waals surface area (Å²) < 4.78 is 27.5. The highest BCUT2D eigenvalue weighted by Gasteiger charge is 2.35. The van der Waals surface area contributed by atoms with Gasteiger partial charge in [0.15, 0.2) is 5.84 Å². The van der Waals surface area contributed by atoms with Crippen LogP contribution < -0.4 is 10.5 Å². The molecule has 7 heteroatoms. The lowest BCUT2D eigenvalue weighted by atomic mass is 9.84. The summed E-state index contributed by atoms with van der Waals surface area (Å²) in [6.45, 7) is 0. The Morgan fingerprint density at radius 2 is 1.65 bits per heavy atom. The van der Waals surface area contributed by atoms with Crippen LogP contribution in [-0.4, -0.2) is 30.8 Å². The van der Waals surface area contributed by atoms with Gasteiger partial charge in [-0.05, 0) is 31.6 Å². The van der Waals surface area contributed by atoms with Crippen molar-refractivity contribution in [3.63, 3.8) is 0 Å². The molecule has 2 fully saturated rings. The van der Waals surface area contributed by atoms with Crippen molar-refractivity contribution in [1.82, 2.24) is 4.72 Å². The average molecular weight is 303 g/mol. The van der Waals surface area contributed by atoms with Gasteiger partial charge in [0, 0.05) is 0 Å². The summed E-state index contributed by atoms with van der Waals surface area (Å²) in [5.74, 6) is 0.120. The molecule has 2 rings (SSSR count). The maximum Gasteiger partial charge on any atom is 0.215 e. The van der Waals surface area contributed by atoms with Crippen molar-refractivity contribution in [2.24, 2.45) is 16.8 Å². The number of rotatable bonds is 5. The van der Waals surface area contributed by atoms with Crippen LogP contribution in [0.5, 0.6) is 0 Å². The zero-order valence-electron chi connectivity index (χ0n) is 11.8. The molecule has 1 atom stereocenters. The fraction of sp³-hybridized carbons (Fsp3) is 0.923. The first-order chi connectivity index (χ1) is 9.54. The molecule has 0 aliphatic heterocycles. The molecule has 116 valence electrons. The smallest absolute Gasteiger partial charge is 0.215 e. The molecular weight excluding hydrogens is 278 g/mol. The van der Waals surface area contributed by atoms with Crippen LogP contribution in [0.3, 0.4) is 0 Å². The second-order valence-corrected chi connectivity index (χ2v) is 7.96. The zero-order valence-corrected chi connectivity index (χ0v) is 12.6. The third-order valence-electron chi connectivity index (χ3n) is 4.59. The zero-order chi connectivity index (χ0) is 14.6. The van der Waals surface area contributed by atoms with Crippen molar-refractivity contribution < 1.29 is 13.6 Å². The third kappa shape index (κ3) is 3.63. The van der Waals surface area contributed by atoms with Crippen molar-refractivity contribution in [2.75, 3.05) is 0 Å². The van der Waals surface area contributed by atoms with Gasteiger partial charge >= 0.3 is 0 Å². The average Bonchev–Trinajstić information content (AvgIpc) is 3.00. The highest BCUT2D eigenvalue weighted by molar-refractivity contribution is 7.90. The summed E-state index contributed by atoms with van der Waals surface area (Å²) in [5, 5.41) is 11.6. The molecule has 0 amide bonds. The summed E-state index contributed by atoms with van der Waals surface area (Å²) in [6.07, 6.45) is 8.52. The van der Waals surface area contributed by atoms with Crippen LogP contribution >= 0.6 is 0 Å². The van der Waals surface area contributed by atoms with E-state index >= 15 is 0 Å². The number of amidine groups is 1. The lowest BCUT2D eigenvalue weighted by molar-refractivity contribution is 0.297. The number of nitrogens with one attached hydrogen (secondary N) is 1. The van der Waals surface area contributed by atoms with Crippen LogP contribution in [-0.2, 0) is 10.0 Å². The third-order valence-corrected chi connectivity index (χ3v) is 6.52. The predicted octanol–water partition coefficient (Wildman–Crippen LogP) is 1.54. The number of hydrogen-bond donors (Lipinski definition) is 3. The van der Waals surface area contributed by atoms with E-state index in [9.17, 15) is 8.42 Å². The Labute approximate surface area is 120 Å². The van der Waals surface area contributed by atoms with Crippen LogP contribution in [0.2, 0.25) is 0 Å². The largest absolute Gasteiger partial charge is 0.409 e. The van der Waals surface area contributed by atoms with Gasteiger partial charge in [0.05, 0.1) is 11.3 Å². The van der Waals surface area contributed by atoms with E-state index in [0.717, 1.165) is 38.5 Å². The number of hydrogen-bond acceptors (Lipinski definition) is 4. The van der Waals surface area contributed by atoms with E-state index < -0.39 is 16.1 Å². The molecule has 4 N–H and O–H groups in total. The minimum atomic E-state index is -3.39. The summed E-state index contributed by atoms with van der Waals surface area (Å²) >= 11 is 0. The lowest BCUT2D eigenvalue weighted by Gasteiger charge is -2.30. The molecule has 0 aromatic heterocycles. The summed E-state index contributed by atoms with van der Waals surface area (Å²) in [6, 6.07) is -0.564. The van der Waals surface area contributed by atoms with Crippen molar-refractivity contribution >= 4 is 15.9 Å². The maximum absolute atomic E-state index is 12.4. The van der Waals surface area contributed by atoms with E-state index in [-0.39, 0.29) is 17.0 Å². The van der Waals surface area contributed by atoms with Crippen LogP contribution in [0.1, 0.15) is 57.8 Å². The number of nitrogens with zero attached hydrogens (tertiary/aromatic N) is 1. The minimum Gasteiger partial charge on any atom is -0.409 e. The summed E-state index contributed by atoms with van der Waals surface area (Å²) in [4.78, 5) is 0. The Bertz CT molecular complexity index is 438. The fourth-order valence-electron chi connectivity index (χ4n) is 3.40. The number of sulfonamides is 1. The van der Waals surface area contributed by atoms with Gasteiger partial charge in [-0.3, -0.25) is 0 Å². The molecular formula is C13H25N3O3S. The van der Waals surface area contributed by atoms with Crippen molar-refractivity contribution in [2.45, 2.75) is 69.1 Å². The van der Waals surface area contributed by atoms with E-state index in [4.69, 9.17) is 10.9 Å². The Balaban J connectivity index is 2.10. The minimum absolute atomic E-state index is 0.0153. The first-order valence-corrected chi connectivity index (χ1v) is 9.08. The molecule has 1 unspecified atom stereocenters.